The number of nitrogens with one attached hydrogen (secondary N) is 1. The molecule has 0 spiro atoms. The molecular weight excluding hydrogens is 286 g/mol. The maximum atomic E-state index is 11.9. The van der Waals surface area contributed by atoms with E-state index in [0.717, 1.165) is 18.1 Å². The molecule has 21 heavy (non-hydrogen) atoms. The third kappa shape index (κ3) is 3.32. The summed E-state index contributed by atoms with van der Waals surface area (Å²) in [6, 6.07) is 0.549. The summed E-state index contributed by atoms with van der Waals surface area (Å²) in [5.74, 6) is 0.678. The van der Waals surface area contributed by atoms with E-state index in [0.29, 0.717) is 28.8 Å². The minimum Gasteiger partial charge on any atom is -0.492 e. The van der Waals surface area contributed by atoms with Crippen molar-refractivity contribution in [3.8, 4) is 5.75 Å². The quantitative estimate of drug-likeness (QED) is 0.758. The lowest BCUT2D eigenvalue weighted by molar-refractivity contribution is 0.0992. The smallest absolute Gasteiger partial charge is 0.176 e. The summed E-state index contributed by atoms with van der Waals surface area (Å²) < 4.78 is 5.38. The van der Waals surface area contributed by atoms with Crippen LogP contribution in [0.2, 0.25) is 0 Å². The molecule has 0 radical (unpaired) electrons. The van der Waals surface area contributed by atoms with E-state index in [1.54, 1.807) is 7.11 Å². The van der Waals surface area contributed by atoms with E-state index in [2.05, 4.69) is 17.1 Å². The van der Waals surface area contributed by atoms with Crippen molar-refractivity contribution in [1.82, 2.24) is 4.90 Å². The van der Waals surface area contributed by atoms with Gasteiger partial charge in [-0.05, 0) is 25.9 Å². The van der Waals surface area contributed by atoms with E-state index in [9.17, 15) is 4.79 Å². The van der Waals surface area contributed by atoms with Crippen molar-refractivity contribution in [2.45, 2.75) is 39.2 Å². The molecule has 0 bridgehead atoms. The molecule has 0 aliphatic carbocycles. The van der Waals surface area contributed by atoms with E-state index in [4.69, 9.17) is 10.5 Å². The molecule has 118 valence electrons. The van der Waals surface area contributed by atoms with Crippen LogP contribution >= 0.6 is 11.3 Å². The van der Waals surface area contributed by atoms with Crippen molar-refractivity contribution < 1.29 is 9.53 Å². The van der Waals surface area contributed by atoms with Gasteiger partial charge in [0, 0.05) is 19.0 Å². The second-order valence-corrected chi connectivity index (χ2v) is 6.31. The highest BCUT2D eigenvalue weighted by Gasteiger charge is 2.25. The number of ketones is 1. The molecule has 6 heteroatoms. The highest BCUT2D eigenvalue weighted by Crippen LogP contribution is 2.43. The number of nitrogens with two attached hydrogens (primary N) is 1. The van der Waals surface area contributed by atoms with Gasteiger partial charge in [0.1, 0.15) is 5.00 Å². The number of nitrogen functional groups attached to an aromatic ring is 1. The first-order valence-corrected chi connectivity index (χ1v) is 8.41. The van der Waals surface area contributed by atoms with E-state index in [1.807, 2.05) is 6.92 Å². The van der Waals surface area contributed by atoms with Crippen LogP contribution in [0.25, 0.3) is 0 Å². The van der Waals surface area contributed by atoms with Gasteiger partial charge >= 0.3 is 0 Å². The van der Waals surface area contributed by atoms with Crippen LogP contribution in [-0.4, -0.2) is 43.5 Å². The van der Waals surface area contributed by atoms with Gasteiger partial charge in [-0.2, -0.15) is 0 Å². The van der Waals surface area contributed by atoms with Gasteiger partial charge in [0.05, 0.1) is 17.7 Å². The number of rotatable bonds is 7. The van der Waals surface area contributed by atoms with Crippen molar-refractivity contribution >= 4 is 27.8 Å². The molecule has 1 fully saturated rings. The molecule has 3 N–H and O–H groups in total. The first kappa shape index (κ1) is 16.1. The van der Waals surface area contributed by atoms with Gasteiger partial charge in [-0.25, -0.2) is 0 Å². The molecule has 1 aliphatic rings. The largest absolute Gasteiger partial charge is 0.492 e. The minimum atomic E-state index is 0.0694. The molecule has 1 aromatic rings. The first-order valence-electron chi connectivity index (χ1n) is 7.59. The fourth-order valence-corrected chi connectivity index (χ4v) is 3.98. The predicted octanol–water partition coefficient (Wildman–Crippen LogP) is 2.83. The normalized spacial score (nSPS) is 18.9. The molecule has 2 heterocycles. The summed E-state index contributed by atoms with van der Waals surface area (Å²) >= 11 is 1.41. The fraction of sp³-hybridized carbons (Fsp3) is 0.667. The summed E-state index contributed by atoms with van der Waals surface area (Å²) in [5.41, 5.74) is 6.51. The van der Waals surface area contributed by atoms with Crippen molar-refractivity contribution in [3.63, 3.8) is 0 Å². The van der Waals surface area contributed by atoms with Gasteiger partial charge in [0.25, 0.3) is 0 Å². The fourth-order valence-electron chi connectivity index (χ4n) is 2.87. The third-order valence-corrected chi connectivity index (χ3v) is 5.27. The number of carbonyl (C=O) groups is 1. The number of methoxy groups -OCH3 is 1. The number of likely N-dealkylation sites (N-methyl/N-ethyl adjacent to an activating group) is 1. The van der Waals surface area contributed by atoms with Crippen molar-refractivity contribution in [1.29, 1.82) is 0 Å². The Hall–Kier alpha value is -1.27. The number of hydrogen-bond acceptors (Lipinski definition) is 6. The van der Waals surface area contributed by atoms with Crippen LogP contribution < -0.4 is 15.8 Å². The Bertz CT molecular complexity index is 501. The number of thiophene rings is 1. The maximum absolute atomic E-state index is 11.9. The van der Waals surface area contributed by atoms with Gasteiger partial charge in [-0.15, -0.1) is 11.3 Å². The Morgan fingerprint density at radius 1 is 1.52 bits per heavy atom. The minimum absolute atomic E-state index is 0.0694. The van der Waals surface area contributed by atoms with E-state index in [-0.39, 0.29) is 5.78 Å². The van der Waals surface area contributed by atoms with Crippen LogP contribution in [0.4, 0.5) is 10.7 Å². The van der Waals surface area contributed by atoms with Crippen LogP contribution in [0.5, 0.6) is 5.75 Å². The van der Waals surface area contributed by atoms with Crippen molar-refractivity contribution in [2.75, 3.05) is 37.8 Å². The standard InChI is InChI=1S/C15H25N3O2S/c1-4-11(19)14-12(16)13(20-3)15(21-14)17-9-10-7-6-8-18(10)5-2/h10,17H,4-9,16H2,1-3H3. The van der Waals surface area contributed by atoms with Crippen LogP contribution in [0.1, 0.15) is 42.8 Å². The Morgan fingerprint density at radius 3 is 2.90 bits per heavy atom. The Morgan fingerprint density at radius 2 is 2.29 bits per heavy atom. The molecule has 1 saturated heterocycles. The predicted molar refractivity (Wildman–Crippen MR) is 88.7 cm³/mol. The number of ether oxygens (including phenoxy) is 1. The molecule has 5 nitrogen and oxygen atoms in total. The lowest BCUT2D eigenvalue weighted by Gasteiger charge is -2.23. The third-order valence-electron chi connectivity index (χ3n) is 4.08. The number of anilines is 2. The number of nitrogens with zero attached hydrogens (tertiary/aromatic N) is 1. The number of carbonyl (C=O) groups excluding carboxylic acids is 1. The monoisotopic (exact) mass is 311 g/mol. The van der Waals surface area contributed by atoms with Gasteiger partial charge in [-0.1, -0.05) is 13.8 Å². The summed E-state index contributed by atoms with van der Waals surface area (Å²) in [6.45, 7) is 7.16. The highest BCUT2D eigenvalue weighted by atomic mass is 32.1. The molecule has 1 unspecified atom stereocenters. The molecule has 1 aliphatic heterocycles. The van der Waals surface area contributed by atoms with Crippen LogP contribution in [0.15, 0.2) is 0 Å². The van der Waals surface area contributed by atoms with Crippen molar-refractivity contribution in [2.24, 2.45) is 0 Å². The lowest BCUT2D eigenvalue weighted by Crippen LogP contribution is -2.34. The molecule has 0 amide bonds. The van der Waals surface area contributed by atoms with Gasteiger partial charge in [0.2, 0.25) is 0 Å². The number of likely N-dealkylation sites (tertiary alicyclic amines) is 1. The highest BCUT2D eigenvalue weighted by molar-refractivity contribution is 7.19. The second-order valence-electron chi connectivity index (χ2n) is 5.29. The SMILES string of the molecule is CCC(=O)c1sc(NCC2CCCN2CC)c(OC)c1N. The molecule has 0 aromatic carbocycles. The zero-order valence-electron chi connectivity index (χ0n) is 13.1. The van der Waals surface area contributed by atoms with Crippen LogP contribution in [-0.2, 0) is 0 Å². The molecule has 2 rings (SSSR count). The summed E-state index contributed by atoms with van der Waals surface area (Å²) in [7, 11) is 1.59. The van der Waals surface area contributed by atoms with Crippen molar-refractivity contribution in [3.05, 3.63) is 4.88 Å². The average molecular weight is 311 g/mol. The average Bonchev–Trinajstić information content (AvgIpc) is 3.07. The van der Waals surface area contributed by atoms with E-state index in [1.165, 1.54) is 30.7 Å². The van der Waals surface area contributed by atoms with Gasteiger partial charge in [0.15, 0.2) is 11.5 Å². The zero-order valence-corrected chi connectivity index (χ0v) is 13.9. The maximum Gasteiger partial charge on any atom is 0.176 e. The molecule has 0 saturated carbocycles. The number of Topliss-reactive ketones (excluding diaryl/α,β-unsaturated/α-hetero) is 1. The summed E-state index contributed by atoms with van der Waals surface area (Å²) in [4.78, 5) is 15.0. The van der Waals surface area contributed by atoms with Crippen LogP contribution in [0.3, 0.4) is 0 Å². The van der Waals surface area contributed by atoms with E-state index < -0.39 is 0 Å². The zero-order chi connectivity index (χ0) is 15.4. The molecular formula is C15H25N3O2S. The first-order chi connectivity index (χ1) is 10.1. The second kappa shape index (κ2) is 7.13. The number of hydrogen-bond donors (Lipinski definition) is 2. The summed E-state index contributed by atoms with van der Waals surface area (Å²) in [5, 5.41) is 4.30. The Balaban J connectivity index is 2.10. The molecule has 1 atom stereocenters. The molecule has 1 aromatic heterocycles. The van der Waals surface area contributed by atoms with Gasteiger partial charge in [-0.3, -0.25) is 9.69 Å². The van der Waals surface area contributed by atoms with E-state index >= 15 is 0 Å². The topological polar surface area (TPSA) is 67.6 Å². The lowest BCUT2D eigenvalue weighted by atomic mass is 10.2. The Labute approximate surface area is 130 Å². The summed E-state index contributed by atoms with van der Waals surface area (Å²) in [6.07, 6.45) is 2.92. The van der Waals surface area contributed by atoms with Gasteiger partial charge < -0.3 is 15.8 Å². The Kier molecular flexibility index (Phi) is 5.47. The van der Waals surface area contributed by atoms with Crippen LogP contribution in [0, 0.1) is 0 Å².